The first-order chi connectivity index (χ1) is 18.2. The normalized spacial score (nSPS) is 13.2. The summed E-state index contributed by atoms with van der Waals surface area (Å²) in [7, 11) is 1.95. The van der Waals surface area contributed by atoms with Crippen molar-refractivity contribution in [3.63, 3.8) is 0 Å². The van der Waals surface area contributed by atoms with Crippen LogP contribution < -0.4 is 10.6 Å². The summed E-state index contributed by atoms with van der Waals surface area (Å²) in [5, 5.41) is 5.74. The monoisotopic (exact) mass is 568 g/mol. The molecule has 0 spiro atoms. The third kappa shape index (κ3) is 6.50. The highest BCUT2D eigenvalue weighted by Gasteiger charge is 2.31. The van der Waals surface area contributed by atoms with Crippen molar-refractivity contribution in [3.8, 4) is 0 Å². The van der Waals surface area contributed by atoms with Gasteiger partial charge in [0.25, 0.3) is 11.8 Å². The van der Waals surface area contributed by atoms with Crippen molar-refractivity contribution >= 4 is 44.3 Å². The van der Waals surface area contributed by atoms with Gasteiger partial charge in [-0.1, -0.05) is 0 Å². The molecule has 0 saturated carbocycles. The Morgan fingerprint density at radius 1 is 1.03 bits per heavy atom. The van der Waals surface area contributed by atoms with Crippen molar-refractivity contribution in [2.75, 3.05) is 66.5 Å². The number of carbonyl (C=O) groups excluding carboxylic acids is 3. The molecule has 0 radical (unpaired) electrons. The van der Waals surface area contributed by atoms with E-state index in [1.807, 2.05) is 0 Å². The fourth-order valence-electron chi connectivity index (χ4n) is 3.98. The smallest absolute Gasteiger partial charge is 0.409 e. The third-order valence-corrected chi connectivity index (χ3v) is 9.06. The van der Waals surface area contributed by atoms with Crippen molar-refractivity contribution in [2.24, 2.45) is 0 Å². The van der Waals surface area contributed by atoms with Gasteiger partial charge in [-0.3, -0.25) is 9.59 Å². The molecule has 0 saturated heterocycles. The van der Waals surface area contributed by atoms with Crippen molar-refractivity contribution < 1.29 is 37.0 Å². The van der Waals surface area contributed by atoms with Crippen LogP contribution in [0.4, 0.5) is 9.80 Å². The average Bonchev–Trinajstić information content (AvgIpc) is 3.28. The van der Waals surface area contributed by atoms with Crippen molar-refractivity contribution in [2.45, 2.75) is 17.9 Å². The predicted octanol–water partition coefficient (Wildman–Crippen LogP) is 1.77. The number of benzene rings is 1. The third-order valence-electron chi connectivity index (χ3n) is 6.01. The lowest BCUT2D eigenvalue weighted by Gasteiger charge is -2.25. The van der Waals surface area contributed by atoms with Gasteiger partial charge < -0.3 is 29.7 Å². The van der Waals surface area contributed by atoms with Crippen LogP contribution in [0.15, 0.2) is 29.2 Å². The number of hydrogen-bond acceptors (Lipinski definition) is 9. The first-order valence-corrected chi connectivity index (χ1v) is 14.0. The zero-order valence-corrected chi connectivity index (χ0v) is 23.4. The first-order valence-electron chi connectivity index (χ1n) is 11.8. The molecule has 0 atom stereocenters. The summed E-state index contributed by atoms with van der Waals surface area (Å²) in [6, 6.07) is 5.56. The summed E-state index contributed by atoms with van der Waals surface area (Å²) in [6.07, 6.45) is -0.0245. The van der Waals surface area contributed by atoms with Crippen LogP contribution in [0.2, 0.25) is 0 Å². The Labute approximate surface area is 225 Å². The number of methoxy groups -OCH3 is 3. The predicted molar refractivity (Wildman–Crippen MR) is 141 cm³/mol. The number of ether oxygens (including phenoxy) is 3. The van der Waals surface area contributed by atoms with Crippen LogP contribution in [-0.4, -0.2) is 96.8 Å². The van der Waals surface area contributed by atoms with Crippen LogP contribution in [0, 0.1) is 0 Å². The van der Waals surface area contributed by atoms with Gasteiger partial charge in [-0.25, -0.2) is 13.2 Å². The molecule has 38 heavy (non-hydrogen) atoms. The Hall–Kier alpha value is -3.04. The SMILES string of the molecule is CNC(=O)c1c(NC(=O)c2ccc(S(=O)(=O)N(CCOC)CCOC)cc2)sc2c1CCN(C(=O)OC)C2. The summed E-state index contributed by atoms with van der Waals surface area (Å²) >= 11 is 1.22. The van der Waals surface area contributed by atoms with E-state index in [0.717, 1.165) is 10.4 Å². The summed E-state index contributed by atoms with van der Waals surface area (Å²) in [4.78, 5) is 40.1. The minimum Gasteiger partial charge on any atom is -0.453 e. The fraction of sp³-hybridized carbons (Fsp3) is 0.458. The number of thiophene rings is 1. The van der Waals surface area contributed by atoms with Gasteiger partial charge in [-0.05, 0) is 36.2 Å². The molecule has 3 amide bonds. The minimum atomic E-state index is -3.84. The maximum absolute atomic E-state index is 13.1. The fourth-order valence-corrected chi connectivity index (χ4v) is 6.65. The molecule has 12 nitrogen and oxygen atoms in total. The van der Waals surface area contributed by atoms with Gasteiger partial charge in [0.05, 0.1) is 37.3 Å². The lowest BCUT2D eigenvalue weighted by atomic mass is 10.0. The Morgan fingerprint density at radius 3 is 2.21 bits per heavy atom. The largest absolute Gasteiger partial charge is 0.453 e. The van der Waals surface area contributed by atoms with E-state index in [1.54, 1.807) is 0 Å². The number of rotatable bonds is 11. The lowest BCUT2D eigenvalue weighted by molar-refractivity contribution is 0.0962. The van der Waals surface area contributed by atoms with Gasteiger partial charge in [0.1, 0.15) is 5.00 Å². The molecule has 1 aliphatic heterocycles. The second-order valence-corrected chi connectivity index (χ2v) is 11.3. The van der Waals surface area contributed by atoms with E-state index in [1.165, 1.54) is 73.2 Å². The molecule has 208 valence electrons. The van der Waals surface area contributed by atoms with Gasteiger partial charge in [-0.2, -0.15) is 4.31 Å². The van der Waals surface area contributed by atoms with Crippen LogP contribution in [0.3, 0.4) is 0 Å². The van der Waals surface area contributed by atoms with E-state index in [2.05, 4.69) is 10.6 Å². The molecule has 0 fully saturated rings. The van der Waals surface area contributed by atoms with Gasteiger partial charge in [-0.15, -0.1) is 11.3 Å². The highest BCUT2D eigenvalue weighted by Crippen LogP contribution is 2.37. The average molecular weight is 569 g/mol. The number of anilines is 1. The number of nitrogens with zero attached hydrogens (tertiary/aromatic N) is 2. The van der Waals surface area contributed by atoms with Gasteiger partial charge in [0, 0.05) is 51.3 Å². The van der Waals surface area contributed by atoms with Crippen LogP contribution in [0.25, 0.3) is 0 Å². The molecule has 2 heterocycles. The van der Waals surface area contributed by atoms with E-state index in [9.17, 15) is 22.8 Å². The highest BCUT2D eigenvalue weighted by atomic mass is 32.2. The van der Waals surface area contributed by atoms with Crippen LogP contribution in [-0.2, 0) is 37.2 Å². The Kier molecular flexibility index (Phi) is 10.2. The van der Waals surface area contributed by atoms with E-state index in [-0.39, 0.29) is 49.2 Å². The second-order valence-electron chi connectivity index (χ2n) is 8.30. The molecular formula is C24H32N4O8S2. The van der Waals surface area contributed by atoms with E-state index >= 15 is 0 Å². The molecule has 3 rings (SSSR count). The number of carbonyl (C=O) groups is 3. The zero-order valence-electron chi connectivity index (χ0n) is 21.7. The zero-order chi connectivity index (χ0) is 27.9. The Morgan fingerprint density at radius 2 is 1.66 bits per heavy atom. The number of amides is 3. The minimum absolute atomic E-state index is 0.0294. The maximum Gasteiger partial charge on any atom is 0.409 e. The van der Waals surface area contributed by atoms with Crippen molar-refractivity contribution in [3.05, 3.63) is 45.8 Å². The van der Waals surface area contributed by atoms with Crippen molar-refractivity contribution in [1.82, 2.24) is 14.5 Å². The van der Waals surface area contributed by atoms with E-state index in [4.69, 9.17) is 14.2 Å². The van der Waals surface area contributed by atoms with E-state index in [0.29, 0.717) is 23.5 Å². The highest BCUT2D eigenvalue weighted by molar-refractivity contribution is 7.89. The second kappa shape index (κ2) is 13.2. The standard InChI is InChI=1S/C24H32N4O8S2/c1-25-22(30)20-18-9-10-27(24(31)36-4)15-19(18)37-23(20)26-21(29)16-5-7-17(8-6-16)38(32,33)28(11-13-34-2)12-14-35-3/h5-8H,9-15H2,1-4H3,(H,25,30)(H,26,29). The van der Waals surface area contributed by atoms with Gasteiger partial charge in [0.2, 0.25) is 10.0 Å². The Balaban J connectivity index is 1.83. The lowest BCUT2D eigenvalue weighted by Crippen LogP contribution is -2.36. The van der Waals surface area contributed by atoms with Gasteiger partial charge >= 0.3 is 6.09 Å². The van der Waals surface area contributed by atoms with Crippen LogP contribution in [0.5, 0.6) is 0 Å². The quantitative estimate of drug-likeness (QED) is 0.418. The Bertz CT molecular complexity index is 1250. The first kappa shape index (κ1) is 29.5. The molecule has 0 unspecified atom stereocenters. The maximum atomic E-state index is 13.1. The van der Waals surface area contributed by atoms with E-state index < -0.39 is 22.0 Å². The number of hydrogen-bond donors (Lipinski definition) is 2. The van der Waals surface area contributed by atoms with Crippen LogP contribution >= 0.6 is 11.3 Å². The van der Waals surface area contributed by atoms with Crippen LogP contribution in [0.1, 0.15) is 31.2 Å². The van der Waals surface area contributed by atoms with Crippen molar-refractivity contribution in [1.29, 1.82) is 0 Å². The van der Waals surface area contributed by atoms with Gasteiger partial charge in [0.15, 0.2) is 0 Å². The molecule has 1 aromatic carbocycles. The molecule has 1 aromatic heterocycles. The molecular weight excluding hydrogens is 536 g/mol. The number of fused-ring (bicyclic) bond motifs is 1. The number of sulfonamides is 1. The molecule has 2 N–H and O–H groups in total. The molecule has 0 bridgehead atoms. The molecule has 1 aliphatic rings. The summed E-state index contributed by atoms with van der Waals surface area (Å²) < 4.78 is 42.3. The summed E-state index contributed by atoms with van der Waals surface area (Å²) in [6.45, 7) is 1.40. The molecule has 2 aromatic rings. The summed E-state index contributed by atoms with van der Waals surface area (Å²) in [5.74, 6) is -0.851. The number of nitrogens with one attached hydrogen (secondary N) is 2. The molecule has 14 heteroatoms. The molecule has 0 aliphatic carbocycles. The summed E-state index contributed by atoms with van der Waals surface area (Å²) in [5.41, 5.74) is 1.35. The topological polar surface area (TPSA) is 144 Å².